The minimum absolute atomic E-state index is 0.0290. The van der Waals surface area contributed by atoms with E-state index in [2.05, 4.69) is 24.1 Å². The second kappa shape index (κ2) is 16.0. The van der Waals surface area contributed by atoms with E-state index in [0.717, 1.165) is 70.9 Å². The summed E-state index contributed by atoms with van der Waals surface area (Å²) in [5.74, 6) is 7.41. The van der Waals surface area contributed by atoms with Crippen LogP contribution >= 0.6 is 11.6 Å². The molecule has 9 nitrogen and oxygen atoms in total. The molecular formula is C28H49ClN6O3. The number of amides is 1. The van der Waals surface area contributed by atoms with Gasteiger partial charge in [0.2, 0.25) is 5.91 Å². The van der Waals surface area contributed by atoms with Crippen LogP contribution in [-0.2, 0) is 14.3 Å². The second-order valence-corrected chi connectivity index (χ2v) is 11.6. The molecular weight excluding hydrogens is 504 g/mol. The molecule has 1 aromatic carbocycles. The van der Waals surface area contributed by atoms with Gasteiger partial charge in [-0.3, -0.25) is 9.69 Å². The van der Waals surface area contributed by atoms with Crippen molar-refractivity contribution in [2.75, 3.05) is 71.2 Å². The fraction of sp³-hybridized carbons (Fsp3) is 0.750. The molecule has 38 heavy (non-hydrogen) atoms. The number of rotatable bonds is 14. The number of anilines is 1. The number of morpholine rings is 1. The summed E-state index contributed by atoms with van der Waals surface area (Å²) in [5, 5.41) is 5.89. The van der Waals surface area contributed by atoms with Crippen LogP contribution in [-0.4, -0.2) is 100 Å². The molecule has 0 aliphatic carbocycles. The van der Waals surface area contributed by atoms with Crippen LogP contribution in [0, 0.1) is 11.8 Å². The molecule has 1 aromatic rings. The van der Waals surface area contributed by atoms with Gasteiger partial charge in [-0.25, -0.2) is 5.84 Å². The maximum Gasteiger partial charge on any atom is 0.241 e. The molecule has 0 radical (unpaired) electrons. The lowest BCUT2D eigenvalue weighted by Gasteiger charge is -2.43. The molecule has 0 spiro atoms. The van der Waals surface area contributed by atoms with E-state index in [1.807, 2.05) is 17.0 Å². The summed E-state index contributed by atoms with van der Waals surface area (Å²) in [4.78, 5) is 18.6. The zero-order valence-corrected chi connectivity index (χ0v) is 24.2. The number of piperidine rings is 1. The van der Waals surface area contributed by atoms with Gasteiger partial charge in [0.05, 0.1) is 24.9 Å². The Bertz CT molecular complexity index is 823. The van der Waals surface area contributed by atoms with Crippen molar-refractivity contribution in [1.29, 1.82) is 0 Å². The molecule has 2 fully saturated rings. The molecule has 4 atom stereocenters. The lowest BCUT2D eigenvalue weighted by Crippen LogP contribution is -2.62. The third-order valence-electron chi connectivity index (χ3n) is 7.60. The van der Waals surface area contributed by atoms with E-state index in [4.69, 9.17) is 32.7 Å². The van der Waals surface area contributed by atoms with Gasteiger partial charge in [0, 0.05) is 57.5 Å². The van der Waals surface area contributed by atoms with Crippen molar-refractivity contribution in [3.8, 4) is 0 Å². The number of nitrogens with one attached hydrogen (secondary N) is 1. The largest absolute Gasteiger partial charge is 0.385 e. The van der Waals surface area contributed by atoms with Gasteiger partial charge in [0.1, 0.15) is 6.04 Å². The van der Waals surface area contributed by atoms with Crippen LogP contribution in [0.3, 0.4) is 0 Å². The Labute approximate surface area is 234 Å². The van der Waals surface area contributed by atoms with E-state index in [9.17, 15) is 4.79 Å². The quantitative estimate of drug-likeness (QED) is 0.183. The maximum atomic E-state index is 14.1. The highest BCUT2D eigenvalue weighted by atomic mass is 35.5. The van der Waals surface area contributed by atoms with Crippen LogP contribution in [0.15, 0.2) is 24.3 Å². The number of methoxy groups -OCH3 is 1. The lowest BCUT2D eigenvalue weighted by molar-refractivity contribution is -0.137. The van der Waals surface area contributed by atoms with Crippen molar-refractivity contribution in [2.24, 2.45) is 23.4 Å². The number of hydrazine groups is 1. The first-order valence-corrected chi connectivity index (χ1v) is 14.5. The first-order chi connectivity index (χ1) is 18.3. The van der Waals surface area contributed by atoms with Crippen LogP contribution < -0.4 is 21.9 Å². The fourth-order valence-electron chi connectivity index (χ4n) is 5.60. The molecule has 10 heteroatoms. The molecule has 2 aliphatic rings. The van der Waals surface area contributed by atoms with E-state index in [1.165, 1.54) is 0 Å². The summed E-state index contributed by atoms with van der Waals surface area (Å²) < 4.78 is 10.8. The smallest absolute Gasteiger partial charge is 0.241 e. The number of hydrogen-bond acceptors (Lipinski definition) is 8. The van der Waals surface area contributed by atoms with Crippen LogP contribution in [0.4, 0.5) is 5.69 Å². The molecule has 2 aliphatic heterocycles. The molecule has 0 saturated carbocycles. The average Bonchev–Trinajstić information content (AvgIpc) is 2.92. The normalized spacial score (nSPS) is 22.3. The zero-order valence-electron chi connectivity index (χ0n) is 23.5. The first-order valence-electron chi connectivity index (χ1n) is 14.2. The van der Waals surface area contributed by atoms with Gasteiger partial charge < -0.3 is 30.4 Å². The van der Waals surface area contributed by atoms with Gasteiger partial charge >= 0.3 is 0 Å². The summed E-state index contributed by atoms with van der Waals surface area (Å²) in [6.45, 7) is 12.0. The number of carbonyl (C=O) groups excluding carboxylic acids is 1. The van der Waals surface area contributed by atoms with E-state index >= 15 is 0 Å². The first kappa shape index (κ1) is 31.1. The number of nitrogens with two attached hydrogens (primary N) is 2. The number of hydrogen-bond donors (Lipinski definition) is 3. The Hall–Kier alpha value is -1.46. The summed E-state index contributed by atoms with van der Waals surface area (Å²) in [7, 11) is 1.70. The number of halogens is 1. The number of carbonyl (C=O) groups is 1. The van der Waals surface area contributed by atoms with Crippen LogP contribution in [0.5, 0.6) is 0 Å². The molecule has 0 aromatic heterocycles. The third-order valence-corrected chi connectivity index (χ3v) is 7.86. The summed E-state index contributed by atoms with van der Waals surface area (Å²) in [6.07, 6.45) is 3.40. The van der Waals surface area contributed by atoms with E-state index < -0.39 is 6.04 Å². The Morgan fingerprint density at radius 1 is 1.21 bits per heavy atom. The lowest BCUT2D eigenvalue weighted by atomic mass is 9.92. The molecule has 2 heterocycles. The highest BCUT2D eigenvalue weighted by molar-refractivity contribution is 6.30. The number of unbranched alkanes of at least 4 members (excludes halogenated alkanes) is 1. The van der Waals surface area contributed by atoms with Crippen molar-refractivity contribution < 1.29 is 14.3 Å². The van der Waals surface area contributed by atoms with Gasteiger partial charge in [0.25, 0.3) is 0 Å². The summed E-state index contributed by atoms with van der Waals surface area (Å²) >= 11 is 6.10. The fourth-order valence-corrected chi connectivity index (χ4v) is 5.72. The second-order valence-electron chi connectivity index (χ2n) is 11.2. The molecule has 5 N–H and O–H groups in total. The van der Waals surface area contributed by atoms with Gasteiger partial charge in [-0.05, 0) is 68.3 Å². The maximum absolute atomic E-state index is 14.1. The SMILES string of the molecule is COCCCCC(C(N)C(=O)N(CC(C)C)[C@@H]1CNCC(CN2CCOCC2)C1)N(N)c1ccc(Cl)cc1. The topological polar surface area (TPSA) is 109 Å². The third kappa shape index (κ3) is 9.33. The van der Waals surface area contributed by atoms with Gasteiger partial charge in [-0.2, -0.15) is 0 Å². The molecule has 2 saturated heterocycles. The van der Waals surface area contributed by atoms with Crippen molar-refractivity contribution in [3.05, 3.63) is 29.3 Å². The molecule has 0 bridgehead atoms. The highest BCUT2D eigenvalue weighted by Crippen LogP contribution is 2.24. The molecule has 1 amide bonds. The van der Waals surface area contributed by atoms with Crippen LogP contribution in [0.25, 0.3) is 0 Å². The number of ether oxygens (including phenoxy) is 2. The van der Waals surface area contributed by atoms with Gasteiger partial charge in [0.15, 0.2) is 0 Å². The zero-order chi connectivity index (χ0) is 27.5. The van der Waals surface area contributed by atoms with E-state index in [1.54, 1.807) is 24.3 Å². The summed E-state index contributed by atoms with van der Waals surface area (Å²) in [6, 6.07) is 6.35. The van der Waals surface area contributed by atoms with Crippen molar-refractivity contribution in [2.45, 2.75) is 57.7 Å². The van der Waals surface area contributed by atoms with E-state index in [-0.39, 0.29) is 18.0 Å². The monoisotopic (exact) mass is 552 g/mol. The van der Waals surface area contributed by atoms with Crippen LogP contribution in [0.1, 0.15) is 39.5 Å². The van der Waals surface area contributed by atoms with E-state index in [0.29, 0.717) is 36.4 Å². The summed E-state index contributed by atoms with van der Waals surface area (Å²) in [5.41, 5.74) is 7.59. The average molecular weight is 553 g/mol. The Morgan fingerprint density at radius 2 is 1.92 bits per heavy atom. The number of benzene rings is 1. The Balaban J connectivity index is 1.74. The molecule has 216 valence electrons. The molecule has 3 rings (SSSR count). The van der Waals surface area contributed by atoms with Gasteiger partial charge in [-0.1, -0.05) is 25.4 Å². The van der Waals surface area contributed by atoms with Crippen molar-refractivity contribution >= 4 is 23.2 Å². The Kier molecular flexibility index (Phi) is 13.1. The predicted molar refractivity (Wildman–Crippen MR) is 154 cm³/mol. The minimum Gasteiger partial charge on any atom is -0.385 e. The standard InChI is InChI=1S/C28H49ClN6O3/c1-21(2)19-34(25-16-22(17-32-18-25)20-33-11-14-38-15-12-33)28(36)27(30)26(6-4-5-13-37-3)35(31)24-9-7-23(29)8-10-24/h7-10,21-22,25-27,32H,4-6,11-20,30-31H2,1-3H3/t22?,25-,26?,27?/m0/s1. The Morgan fingerprint density at radius 3 is 2.58 bits per heavy atom. The van der Waals surface area contributed by atoms with Gasteiger partial charge in [-0.15, -0.1) is 0 Å². The highest BCUT2D eigenvalue weighted by Gasteiger charge is 2.37. The van der Waals surface area contributed by atoms with Crippen molar-refractivity contribution in [1.82, 2.24) is 15.1 Å². The minimum atomic E-state index is -0.753. The predicted octanol–water partition coefficient (Wildman–Crippen LogP) is 2.33. The number of nitrogens with zero attached hydrogens (tertiary/aromatic N) is 3. The molecule has 3 unspecified atom stereocenters. The van der Waals surface area contributed by atoms with Crippen molar-refractivity contribution in [3.63, 3.8) is 0 Å². The van der Waals surface area contributed by atoms with Crippen LogP contribution in [0.2, 0.25) is 5.02 Å².